The minimum absolute atomic E-state index is 0.208. The van der Waals surface area contributed by atoms with Gasteiger partial charge in [0.2, 0.25) is 0 Å². The maximum Gasteiger partial charge on any atom is 0.259 e. The van der Waals surface area contributed by atoms with Crippen LogP contribution in [0.15, 0.2) is 46.9 Å². The highest BCUT2D eigenvalue weighted by molar-refractivity contribution is 9.10. The van der Waals surface area contributed by atoms with Crippen molar-refractivity contribution in [2.24, 2.45) is 7.05 Å². The van der Waals surface area contributed by atoms with Crippen molar-refractivity contribution in [2.45, 2.75) is 20.3 Å². The van der Waals surface area contributed by atoms with Crippen molar-refractivity contribution >= 4 is 27.5 Å². The molecular weight excluding hydrogens is 406 g/mol. The summed E-state index contributed by atoms with van der Waals surface area (Å²) in [6, 6.07) is 13.2. The lowest BCUT2D eigenvalue weighted by Gasteiger charge is -2.10. The summed E-state index contributed by atoms with van der Waals surface area (Å²) in [7, 11) is 3.51. The summed E-state index contributed by atoms with van der Waals surface area (Å²) in [6.45, 7) is 4.11. The van der Waals surface area contributed by atoms with E-state index < -0.39 is 0 Å². The number of carbonyl (C=O) groups is 1. The second kappa shape index (κ2) is 7.96. The second-order valence-corrected chi connectivity index (χ2v) is 7.36. The third kappa shape index (κ3) is 4.22. The first-order chi connectivity index (χ1) is 12.9. The van der Waals surface area contributed by atoms with Crippen molar-refractivity contribution in [1.82, 2.24) is 9.78 Å². The zero-order chi connectivity index (χ0) is 19.6. The van der Waals surface area contributed by atoms with Crippen LogP contribution in [-0.4, -0.2) is 22.8 Å². The Morgan fingerprint density at radius 1 is 1.19 bits per heavy atom. The number of methoxy groups -OCH3 is 1. The molecule has 0 unspecified atom stereocenters. The van der Waals surface area contributed by atoms with Crippen LogP contribution >= 0.6 is 15.9 Å². The monoisotopic (exact) mass is 427 g/mol. The molecule has 0 aliphatic heterocycles. The first kappa shape index (κ1) is 19.2. The Labute approximate surface area is 167 Å². The molecule has 3 rings (SSSR count). The average molecular weight is 428 g/mol. The number of benzene rings is 2. The Hall–Kier alpha value is -2.60. The topological polar surface area (TPSA) is 56.1 Å². The smallest absolute Gasteiger partial charge is 0.259 e. The van der Waals surface area contributed by atoms with E-state index in [4.69, 9.17) is 4.74 Å². The van der Waals surface area contributed by atoms with Gasteiger partial charge in [-0.25, -0.2) is 0 Å². The van der Waals surface area contributed by atoms with Crippen LogP contribution in [0.3, 0.4) is 0 Å². The zero-order valence-corrected chi connectivity index (χ0v) is 17.4. The molecule has 1 amide bonds. The summed E-state index contributed by atoms with van der Waals surface area (Å²) in [5.74, 6) is 0.328. The summed E-state index contributed by atoms with van der Waals surface area (Å²) in [6.07, 6.45) is 0.819. The molecule has 5 nitrogen and oxygen atoms in total. The van der Waals surface area contributed by atoms with Crippen molar-refractivity contribution in [1.29, 1.82) is 0 Å². The standard InChI is InChI=1S/C21H22BrN3O2/c1-13-18(14(2)25(3)24-13)11-15-5-8-17(9-6-15)23-21(26)19-12-16(22)7-10-20(19)27-4/h5-10,12H,11H2,1-4H3,(H,23,26). The lowest BCUT2D eigenvalue weighted by molar-refractivity contribution is 0.102. The number of aryl methyl sites for hydroxylation is 2. The van der Waals surface area contributed by atoms with E-state index in [1.54, 1.807) is 19.2 Å². The number of rotatable bonds is 5. The number of hydrogen-bond acceptors (Lipinski definition) is 3. The fourth-order valence-corrected chi connectivity index (χ4v) is 3.40. The van der Waals surface area contributed by atoms with Crippen molar-refractivity contribution in [2.75, 3.05) is 12.4 Å². The molecule has 2 aromatic carbocycles. The molecular formula is C21H22BrN3O2. The Kier molecular flexibility index (Phi) is 5.65. The molecule has 0 radical (unpaired) electrons. The van der Waals surface area contributed by atoms with Gasteiger partial charge in [0.05, 0.1) is 18.4 Å². The molecule has 0 aliphatic rings. The van der Waals surface area contributed by atoms with Gasteiger partial charge in [-0.15, -0.1) is 0 Å². The van der Waals surface area contributed by atoms with Gasteiger partial charge in [0.25, 0.3) is 5.91 Å². The number of anilines is 1. The van der Waals surface area contributed by atoms with Crippen LogP contribution in [0.2, 0.25) is 0 Å². The van der Waals surface area contributed by atoms with E-state index in [9.17, 15) is 4.79 Å². The fourth-order valence-electron chi connectivity index (χ4n) is 3.04. The highest BCUT2D eigenvalue weighted by Crippen LogP contribution is 2.24. The molecule has 140 valence electrons. The van der Waals surface area contributed by atoms with Crippen LogP contribution in [0.4, 0.5) is 5.69 Å². The predicted octanol–water partition coefficient (Wildman–Crippen LogP) is 4.65. The van der Waals surface area contributed by atoms with E-state index in [-0.39, 0.29) is 5.91 Å². The van der Waals surface area contributed by atoms with Gasteiger partial charge in [0, 0.05) is 34.9 Å². The van der Waals surface area contributed by atoms with Crippen LogP contribution < -0.4 is 10.1 Å². The summed E-state index contributed by atoms with van der Waals surface area (Å²) in [4.78, 5) is 12.6. The van der Waals surface area contributed by atoms with E-state index >= 15 is 0 Å². The number of amides is 1. The van der Waals surface area contributed by atoms with Gasteiger partial charge in [-0.1, -0.05) is 28.1 Å². The summed E-state index contributed by atoms with van der Waals surface area (Å²) in [5, 5.41) is 7.39. The third-order valence-corrected chi connectivity index (χ3v) is 5.15. The molecule has 0 saturated heterocycles. The SMILES string of the molecule is COc1ccc(Br)cc1C(=O)Nc1ccc(Cc2c(C)nn(C)c2C)cc1. The second-order valence-electron chi connectivity index (χ2n) is 6.45. The van der Waals surface area contributed by atoms with E-state index in [2.05, 4.69) is 33.3 Å². The molecule has 3 aromatic rings. The molecule has 6 heteroatoms. The molecule has 1 heterocycles. The minimum atomic E-state index is -0.208. The van der Waals surface area contributed by atoms with Gasteiger partial charge >= 0.3 is 0 Å². The molecule has 0 bridgehead atoms. The molecule has 27 heavy (non-hydrogen) atoms. The zero-order valence-electron chi connectivity index (χ0n) is 15.8. The van der Waals surface area contributed by atoms with Crippen molar-refractivity contribution in [3.8, 4) is 5.75 Å². The Bertz CT molecular complexity index is 978. The number of nitrogens with zero attached hydrogens (tertiary/aromatic N) is 2. The van der Waals surface area contributed by atoms with E-state index in [0.717, 1.165) is 22.3 Å². The number of nitrogens with one attached hydrogen (secondary N) is 1. The van der Waals surface area contributed by atoms with Gasteiger partial charge in [-0.2, -0.15) is 5.10 Å². The molecule has 0 aliphatic carbocycles. The molecule has 0 spiro atoms. The van der Waals surface area contributed by atoms with Crippen molar-refractivity contribution < 1.29 is 9.53 Å². The Balaban J connectivity index is 1.74. The normalized spacial score (nSPS) is 10.7. The quantitative estimate of drug-likeness (QED) is 0.644. The van der Waals surface area contributed by atoms with Crippen LogP contribution in [0.25, 0.3) is 0 Å². The highest BCUT2D eigenvalue weighted by Gasteiger charge is 2.14. The molecule has 0 saturated carbocycles. The maximum absolute atomic E-state index is 12.6. The van der Waals surface area contributed by atoms with Gasteiger partial charge in [-0.05, 0) is 49.7 Å². The van der Waals surface area contributed by atoms with Crippen LogP contribution in [0, 0.1) is 13.8 Å². The summed E-state index contributed by atoms with van der Waals surface area (Å²) >= 11 is 3.39. The van der Waals surface area contributed by atoms with Crippen LogP contribution in [-0.2, 0) is 13.5 Å². The number of aromatic nitrogens is 2. The lowest BCUT2D eigenvalue weighted by Crippen LogP contribution is -2.13. The number of hydrogen-bond donors (Lipinski definition) is 1. The summed E-state index contributed by atoms with van der Waals surface area (Å²) < 4.78 is 8.01. The van der Waals surface area contributed by atoms with E-state index in [1.807, 2.05) is 49.0 Å². The van der Waals surface area contributed by atoms with Crippen molar-refractivity contribution in [3.63, 3.8) is 0 Å². The summed E-state index contributed by atoms with van der Waals surface area (Å²) in [5.41, 5.74) is 5.86. The average Bonchev–Trinajstić information content (AvgIpc) is 2.89. The van der Waals surface area contributed by atoms with Gasteiger partial charge in [0.15, 0.2) is 0 Å². The molecule has 0 fully saturated rings. The molecule has 1 N–H and O–H groups in total. The van der Waals surface area contributed by atoms with E-state index in [1.165, 1.54) is 16.8 Å². The number of halogens is 1. The van der Waals surface area contributed by atoms with E-state index in [0.29, 0.717) is 11.3 Å². The van der Waals surface area contributed by atoms with Crippen molar-refractivity contribution in [3.05, 3.63) is 75.0 Å². The largest absolute Gasteiger partial charge is 0.496 e. The van der Waals surface area contributed by atoms with Crippen LogP contribution in [0.5, 0.6) is 5.75 Å². The first-order valence-corrected chi connectivity index (χ1v) is 9.41. The molecule has 0 atom stereocenters. The number of ether oxygens (including phenoxy) is 1. The van der Waals surface area contributed by atoms with Gasteiger partial charge in [-0.3, -0.25) is 9.48 Å². The lowest BCUT2D eigenvalue weighted by atomic mass is 10.0. The third-order valence-electron chi connectivity index (χ3n) is 4.66. The van der Waals surface area contributed by atoms with Gasteiger partial charge < -0.3 is 10.1 Å². The van der Waals surface area contributed by atoms with Gasteiger partial charge in [0.1, 0.15) is 5.75 Å². The number of carbonyl (C=O) groups excluding carboxylic acids is 1. The Morgan fingerprint density at radius 3 is 2.48 bits per heavy atom. The highest BCUT2D eigenvalue weighted by atomic mass is 79.9. The maximum atomic E-state index is 12.6. The fraction of sp³-hybridized carbons (Fsp3) is 0.238. The first-order valence-electron chi connectivity index (χ1n) is 8.62. The predicted molar refractivity (Wildman–Crippen MR) is 111 cm³/mol. The minimum Gasteiger partial charge on any atom is -0.496 e. The molecule has 1 aromatic heterocycles. The van der Waals surface area contributed by atoms with Crippen LogP contribution in [0.1, 0.15) is 32.9 Å². The Morgan fingerprint density at radius 2 is 1.89 bits per heavy atom.